The number of hydrogen-bond donors (Lipinski definition) is 0. The molecule has 0 bridgehead atoms. The smallest absolute Gasteiger partial charge is 0.306 e. The van der Waals surface area contributed by atoms with Crippen molar-refractivity contribution in [3.63, 3.8) is 0 Å². The Morgan fingerprint density at radius 3 is 1.10 bits per heavy atom. The van der Waals surface area contributed by atoms with Crippen molar-refractivity contribution in [1.29, 1.82) is 0 Å². The fourth-order valence-electron chi connectivity index (χ4n) is 5.80. The fraction of sp³-hybridized carbons (Fsp3) is 0.604. The Kier molecular flexibility index (Phi) is 43.6. The van der Waals surface area contributed by atoms with Gasteiger partial charge in [0.05, 0.1) is 0 Å². The van der Waals surface area contributed by atoms with Crippen molar-refractivity contribution in [2.45, 2.75) is 194 Å². The lowest BCUT2D eigenvalue weighted by atomic mass is 10.1. The lowest BCUT2D eigenvalue weighted by Crippen LogP contribution is -2.30. The molecular formula is C53H84O6. The molecule has 0 saturated carbocycles. The van der Waals surface area contributed by atoms with Crippen LogP contribution in [0.4, 0.5) is 0 Å². The summed E-state index contributed by atoms with van der Waals surface area (Å²) in [6.45, 7) is 6.22. The van der Waals surface area contributed by atoms with Crippen molar-refractivity contribution in [2.75, 3.05) is 13.2 Å². The summed E-state index contributed by atoms with van der Waals surface area (Å²) in [5.41, 5.74) is 0. The lowest BCUT2D eigenvalue weighted by molar-refractivity contribution is -0.166. The van der Waals surface area contributed by atoms with Gasteiger partial charge in [-0.25, -0.2) is 0 Å². The maximum Gasteiger partial charge on any atom is 0.306 e. The first-order chi connectivity index (χ1) is 29.0. The predicted molar refractivity (Wildman–Crippen MR) is 251 cm³/mol. The first-order valence-electron chi connectivity index (χ1n) is 23.4. The van der Waals surface area contributed by atoms with Crippen LogP contribution < -0.4 is 0 Å². The average molecular weight is 817 g/mol. The Labute approximate surface area is 361 Å². The summed E-state index contributed by atoms with van der Waals surface area (Å²) >= 11 is 0. The standard InChI is InChI=1S/C53H84O6/c1-4-7-10-13-16-19-22-25-26-29-31-34-37-40-43-46-52(55)58-49-50(59-53(56)47-44-41-38-35-32-28-24-21-18-15-12-9-6-3)48-57-51(54)45-42-39-36-33-30-27-23-20-17-14-11-8-5-2/h7,9-12,14,16,18-21,23,25-26,28,32,38,41,50H,4-6,8,13,15,17,22,24,27,29-31,33-37,39-40,42-49H2,1-3H3/b10-7-,12-9-,14-11-,19-16-,21-18-,23-20-,26-25-,32-28-,41-38-. The van der Waals surface area contributed by atoms with E-state index in [0.29, 0.717) is 19.3 Å². The molecule has 0 rings (SSSR count). The minimum absolute atomic E-state index is 0.122. The summed E-state index contributed by atoms with van der Waals surface area (Å²) in [4.78, 5) is 37.8. The SMILES string of the molecule is CC/C=C\C/C=C\C/C=C\C/C=C\CCC(=O)OC(COC(=O)CCCCCCC/C=C\C/C=C\C/C=C\CC)COC(=O)CCCCCCC/C=C\C/C=C\CCC. The van der Waals surface area contributed by atoms with E-state index in [2.05, 4.69) is 118 Å². The first kappa shape index (κ1) is 55.1. The molecule has 0 amide bonds. The van der Waals surface area contributed by atoms with Crippen molar-refractivity contribution >= 4 is 17.9 Å². The highest BCUT2D eigenvalue weighted by Crippen LogP contribution is 2.12. The maximum absolute atomic E-state index is 12.7. The number of esters is 3. The van der Waals surface area contributed by atoms with Crippen LogP contribution in [0.25, 0.3) is 0 Å². The van der Waals surface area contributed by atoms with E-state index >= 15 is 0 Å². The van der Waals surface area contributed by atoms with E-state index in [1.807, 2.05) is 12.2 Å². The molecule has 1 unspecified atom stereocenters. The molecule has 0 fully saturated rings. The number of rotatable bonds is 40. The summed E-state index contributed by atoms with van der Waals surface area (Å²) in [5.74, 6) is -1.05. The number of ether oxygens (including phenoxy) is 3. The Balaban J connectivity index is 4.55. The molecule has 0 aliphatic heterocycles. The molecule has 0 radical (unpaired) electrons. The van der Waals surface area contributed by atoms with Crippen LogP contribution in [0.3, 0.4) is 0 Å². The third-order valence-electron chi connectivity index (χ3n) is 9.24. The number of hydrogen-bond acceptors (Lipinski definition) is 6. The van der Waals surface area contributed by atoms with Crippen LogP contribution in [0.1, 0.15) is 188 Å². The van der Waals surface area contributed by atoms with Gasteiger partial charge in [0, 0.05) is 19.3 Å². The van der Waals surface area contributed by atoms with Crippen molar-refractivity contribution in [3.8, 4) is 0 Å². The Hall–Kier alpha value is -3.93. The van der Waals surface area contributed by atoms with Crippen LogP contribution in [0.5, 0.6) is 0 Å². The molecule has 0 aromatic rings. The summed E-state index contributed by atoms with van der Waals surface area (Å²) in [6.07, 6.45) is 62.2. The van der Waals surface area contributed by atoms with E-state index in [-0.39, 0.29) is 31.6 Å². The van der Waals surface area contributed by atoms with Crippen LogP contribution in [-0.2, 0) is 28.6 Å². The van der Waals surface area contributed by atoms with Gasteiger partial charge in [-0.3, -0.25) is 14.4 Å². The maximum atomic E-state index is 12.7. The van der Waals surface area contributed by atoms with Gasteiger partial charge in [0.1, 0.15) is 13.2 Å². The van der Waals surface area contributed by atoms with Crippen LogP contribution in [-0.4, -0.2) is 37.2 Å². The molecule has 0 N–H and O–H groups in total. The molecule has 0 aromatic carbocycles. The summed E-state index contributed by atoms with van der Waals surface area (Å²) in [6, 6.07) is 0. The van der Waals surface area contributed by atoms with Crippen molar-refractivity contribution in [3.05, 3.63) is 109 Å². The highest BCUT2D eigenvalue weighted by molar-refractivity contribution is 5.71. The first-order valence-corrected chi connectivity index (χ1v) is 23.4. The van der Waals surface area contributed by atoms with E-state index in [0.717, 1.165) is 135 Å². The topological polar surface area (TPSA) is 78.9 Å². The average Bonchev–Trinajstić information content (AvgIpc) is 3.23. The summed E-state index contributed by atoms with van der Waals surface area (Å²) in [5, 5.41) is 0. The fourth-order valence-corrected chi connectivity index (χ4v) is 5.80. The Bertz CT molecular complexity index is 1260. The quantitative estimate of drug-likeness (QED) is 0.0265. The van der Waals surface area contributed by atoms with E-state index in [1.165, 1.54) is 6.42 Å². The molecular weight excluding hydrogens is 733 g/mol. The van der Waals surface area contributed by atoms with Crippen molar-refractivity contribution < 1.29 is 28.6 Å². The van der Waals surface area contributed by atoms with Crippen LogP contribution in [0, 0.1) is 0 Å². The third-order valence-corrected chi connectivity index (χ3v) is 9.24. The van der Waals surface area contributed by atoms with Gasteiger partial charge in [-0.15, -0.1) is 0 Å². The van der Waals surface area contributed by atoms with Gasteiger partial charge in [0.25, 0.3) is 0 Å². The molecule has 6 heteroatoms. The van der Waals surface area contributed by atoms with Crippen LogP contribution in [0.2, 0.25) is 0 Å². The molecule has 59 heavy (non-hydrogen) atoms. The van der Waals surface area contributed by atoms with Gasteiger partial charge in [0.2, 0.25) is 0 Å². The van der Waals surface area contributed by atoms with E-state index < -0.39 is 12.1 Å². The minimum atomic E-state index is -0.829. The molecule has 332 valence electrons. The molecule has 0 aromatic heterocycles. The zero-order valence-electron chi connectivity index (χ0n) is 37.7. The Morgan fingerprint density at radius 1 is 0.356 bits per heavy atom. The van der Waals surface area contributed by atoms with Gasteiger partial charge in [-0.1, -0.05) is 175 Å². The molecule has 0 saturated heterocycles. The van der Waals surface area contributed by atoms with Gasteiger partial charge < -0.3 is 14.2 Å². The van der Waals surface area contributed by atoms with E-state index in [1.54, 1.807) is 0 Å². The highest BCUT2D eigenvalue weighted by Gasteiger charge is 2.19. The van der Waals surface area contributed by atoms with Gasteiger partial charge in [-0.05, 0) is 103 Å². The molecule has 0 heterocycles. The van der Waals surface area contributed by atoms with Gasteiger partial charge in [-0.2, -0.15) is 0 Å². The number of carbonyl (C=O) groups excluding carboxylic acids is 3. The molecule has 0 aliphatic rings. The lowest BCUT2D eigenvalue weighted by Gasteiger charge is -2.18. The van der Waals surface area contributed by atoms with Crippen LogP contribution >= 0.6 is 0 Å². The Morgan fingerprint density at radius 2 is 0.695 bits per heavy atom. The monoisotopic (exact) mass is 817 g/mol. The van der Waals surface area contributed by atoms with Crippen LogP contribution in [0.15, 0.2) is 109 Å². The van der Waals surface area contributed by atoms with Crippen molar-refractivity contribution in [2.24, 2.45) is 0 Å². The molecule has 6 nitrogen and oxygen atoms in total. The van der Waals surface area contributed by atoms with Gasteiger partial charge in [0.15, 0.2) is 6.10 Å². The number of carbonyl (C=O) groups is 3. The van der Waals surface area contributed by atoms with E-state index in [9.17, 15) is 14.4 Å². The largest absolute Gasteiger partial charge is 0.462 e. The second kappa shape index (κ2) is 46.8. The zero-order chi connectivity index (χ0) is 43.0. The number of allylic oxidation sites excluding steroid dienone is 18. The second-order valence-electron chi connectivity index (χ2n) is 14.9. The zero-order valence-corrected chi connectivity index (χ0v) is 37.7. The van der Waals surface area contributed by atoms with E-state index in [4.69, 9.17) is 14.2 Å². The molecule has 0 aliphatic carbocycles. The normalized spacial score (nSPS) is 13.1. The highest BCUT2D eigenvalue weighted by atomic mass is 16.6. The second-order valence-corrected chi connectivity index (χ2v) is 14.9. The molecule has 1 atom stereocenters. The number of unbranched alkanes of at least 4 members (excludes halogenated alkanes) is 11. The summed E-state index contributed by atoms with van der Waals surface area (Å²) < 4.78 is 16.6. The predicted octanol–water partition coefficient (Wildman–Crippen LogP) is 15.2. The minimum Gasteiger partial charge on any atom is -0.462 e. The van der Waals surface area contributed by atoms with Crippen molar-refractivity contribution in [1.82, 2.24) is 0 Å². The third kappa shape index (κ3) is 45.0. The molecule has 0 spiro atoms. The summed E-state index contributed by atoms with van der Waals surface area (Å²) in [7, 11) is 0. The van der Waals surface area contributed by atoms with Gasteiger partial charge >= 0.3 is 17.9 Å².